The van der Waals surface area contributed by atoms with Crippen LogP contribution in [0.15, 0.2) is 59.6 Å². The number of benzene rings is 2. The molecule has 2 rings (SSSR count). The van der Waals surface area contributed by atoms with Gasteiger partial charge >= 0.3 is 0 Å². The fourth-order valence-corrected chi connectivity index (χ4v) is 1.90. The van der Waals surface area contributed by atoms with Crippen LogP contribution in [0.25, 0.3) is 6.08 Å². The highest BCUT2D eigenvalue weighted by Crippen LogP contribution is 2.17. The molecule has 2 aromatic carbocycles. The van der Waals surface area contributed by atoms with Gasteiger partial charge in [0.1, 0.15) is 0 Å². The zero-order valence-corrected chi connectivity index (χ0v) is 10.8. The van der Waals surface area contributed by atoms with Gasteiger partial charge in [-0.3, -0.25) is 4.79 Å². The quantitative estimate of drug-likeness (QED) is 0.768. The Balaban J connectivity index is 2.43. The second-order valence-corrected chi connectivity index (χ2v) is 4.54. The Bertz CT molecular complexity index is 555. The van der Waals surface area contributed by atoms with Crippen LogP contribution < -0.4 is 0 Å². The Kier molecular flexibility index (Phi) is 3.55. The second kappa shape index (κ2) is 5.11. The van der Waals surface area contributed by atoms with E-state index in [0.717, 1.165) is 10.0 Å². The van der Waals surface area contributed by atoms with Crippen molar-refractivity contribution in [1.29, 1.82) is 0 Å². The zero-order valence-electron chi connectivity index (χ0n) is 9.19. The molecule has 0 aliphatic carbocycles. The molecule has 0 heterocycles. The van der Waals surface area contributed by atoms with Crippen LogP contribution in [-0.2, 0) is 0 Å². The van der Waals surface area contributed by atoms with Gasteiger partial charge in [0, 0.05) is 15.6 Å². The lowest BCUT2D eigenvalue weighted by atomic mass is 9.98. The number of carbonyl (C=O) groups excluding carboxylic acids is 1. The molecule has 17 heavy (non-hydrogen) atoms. The minimum atomic E-state index is 0.0213. The first-order valence-electron chi connectivity index (χ1n) is 5.24. The molecule has 0 radical (unpaired) electrons. The lowest BCUT2D eigenvalue weighted by Gasteiger charge is -2.05. The van der Waals surface area contributed by atoms with E-state index in [1.807, 2.05) is 48.5 Å². The number of ketones is 1. The first kappa shape index (κ1) is 11.8. The Morgan fingerprint density at radius 1 is 1.06 bits per heavy atom. The van der Waals surface area contributed by atoms with Gasteiger partial charge in [-0.15, -0.1) is 0 Å². The summed E-state index contributed by atoms with van der Waals surface area (Å²) in [5, 5.41) is 0. The van der Waals surface area contributed by atoms with Crippen LogP contribution in [0.3, 0.4) is 0 Å². The monoisotopic (exact) mass is 286 g/mol. The average molecular weight is 287 g/mol. The van der Waals surface area contributed by atoms with Gasteiger partial charge in [-0.2, -0.15) is 0 Å². The number of halogens is 1. The van der Waals surface area contributed by atoms with Crippen molar-refractivity contribution in [1.82, 2.24) is 0 Å². The highest BCUT2D eigenvalue weighted by atomic mass is 79.9. The summed E-state index contributed by atoms with van der Waals surface area (Å²) in [7, 11) is 0. The van der Waals surface area contributed by atoms with Crippen LogP contribution in [0.2, 0.25) is 0 Å². The third kappa shape index (κ3) is 2.53. The van der Waals surface area contributed by atoms with Gasteiger partial charge in [0.15, 0.2) is 5.78 Å². The summed E-state index contributed by atoms with van der Waals surface area (Å²) in [6, 6.07) is 14.8. The van der Waals surface area contributed by atoms with E-state index < -0.39 is 0 Å². The fourth-order valence-electron chi connectivity index (χ4n) is 1.64. The predicted octanol–water partition coefficient (Wildman–Crippen LogP) is 4.32. The SMILES string of the molecule is C=Cc1ccccc1C(=O)c1ccc(Br)cc1. The van der Waals surface area contributed by atoms with Crippen molar-refractivity contribution >= 4 is 27.8 Å². The Hall–Kier alpha value is -1.67. The molecule has 0 aliphatic heterocycles. The van der Waals surface area contributed by atoms with Crippen molar-refractivity contribution in [2.45, 2.75) is 0 Å². The standard InChI is InChI=1S/C15H11BrO/c1-2-11-5-3-4-6-14(11)15(17)12-7-9-13(16)10-8-12/h2-10H,1H2. The van der Waals surface area contributed by atoms with E-state index in [1.165, 1.54) is 0 Å². The lowest BCUT2D eigenvalue weighted by Crippen LogP contribution is -2.03. The molecule has 84 valence electrons. The molecule has 0 atom stereocenters. The molecule has 0 N–H and O–H groups in total. The zero-order chi connectivity index (χ0) is 12.3. The topological polar surface area (TPSA) is 17.1 Å². The van der Waals surface area contributed by atoms with E-state index in [2.05, 4.69) is 22.5 Å². The third-order valence-corrected chi connectivity index (χ3v) is 3.06. The number of hydrogen-bond acceptors (Lipinski definition) is 1. The van der Waals surface area contributed by atoms with Gasteiger partial charge in [-0.25, -0.2) is 0 Å². The summed E-state index contributed by atoms with van der Waals surface area (Å²) < 4.78 is 0.964. The maximum absolute atomic E-state index is 12.3. The maximum Gasteiger partial charge on any atom is 0.193 e. The predicted molar refractivity (Wildman–Crippen MR) is 74.1 cm³/mol. The molecule has 0 saturated carbocycles. The molecule has 0 bridgehead atoms. The highest BCUT2D eigenvalue weighted by Gasteiger charge is 2.11. The van der Waals surface area contributed by atoms with Crippen LogP contribution in [0.1, 0.15) is 21.5 Å². The van der Waals surface area contributed by atoms with Gasteiger partial charge in [0.05, 0.1) is 0 Å². The van der Waals surface area contributed by atoms with Crippen LogP contribution in [-0.4, -0.2) is 5.78 Å². The Labute approximate surface area is 109 Å². The Morgan fingerprint density at radius 2 is 1.71 bits per heavy atom. The number of rotatable bonds is 3. The van der Waals surface area contributed by atoms with Crippen LogP contribution in [0, 0.1) is 0 Å². The van der Waals surface area contributed by atoms with Crippen LogP contribution >= 0.6 is 15.9 Å². The van der Waals surface area contributed by atoms with Crippen LogP contribution in [0.5, 0.6) is 0 Å². The minimum Gasteiger partial charge on any atom is -0.289 e. The molecule has 0 saturated heterocycles. The number of hydrogen-bond donors (Lipinski definition) is 0. The minimum absolute atomic E-state index is 0.0213. The summed E-state index contributed by atoms with van der Waals surface area (Å²) in [6.07, 6.45) is 1.70. The summed E-state index contributed by atoms with van der Waals surface area (Å²) in [4.78, 5) is 12.3. The molecular weight excluding hydrogens is 276 g/mol. The molecule has 0 fully saturated rings. The molecule has 0 aliphatic rings. The lowest BCUT2D eigenvalue weighted by molar-refractivity contribution is 0.103. The fraction of sp³-hybridized carbons (Fsp3) is 0. The van der Waals surface area contributed by atoms with Crippen molar-refractivity contribution in [2.75, 3.05) is 0 Å². The molecule has 0 amide bonds. The van der Waals surface area contributed by atoms with Crippen LogP contribution in [0.4, 0.5) is 0 Å². The number of carbonyl (C=O) groups is 1. The van der Waals surface area contributed by atoms with E-state index in [9.17, 15) is 4.79 Å². The van der Waals surface area contributed by atoms with Crippen molar-refractivity contribution < 1.29 is 4.79 Å². The Morgan fingerprint density at radius 3 is 2.35 bits per heavy atom. The first-order valence-corrected chi connectivity index (χ1v) is 6.03. The summed E-state index contributed by atoms with van der Waals surface area (Å²) >= 11 is 3.35. The molecular formula is C15H11BrO. The van der Waals surface area contributed by atoms with Crippen molar-refractivity contribution in [3.05, 3.63) is 76.3 Å². The van der Waals surface area contributed by atoms with Gasteiger partial charge in [-0.1, -0.05) is 52.9 Å². The van der Waals surface area contributed by atoms with Crippen molar-refractivity contribution in [2.24, 2.45) is 0 Å². The average Bonchev–Trinajstić information content (AvgIpc) is 2.39. The van der Waals surface area contributed by atoms with E-state index in [0.29, 0.717) is 11.1 Å². The smallest absolute Gasteiger partial charge is 0.193 e. The maximum atomic E-state index is 12.3. The van der Waals surface area contributed by atoms with Gasteiger partial charge in [0.2, 0.25) is 0 Å². The van der Waals surface area contributed by atoms with E-state index >= 15 is 0 Å². The van der Waals surface area contributed by atoms with E-state index in [1.54, 1.807) is 6.08 Å². The van der Waals surface area contributed by atoms with Crippen molar-refractivity contribution in [3.8, 4) is 0 Å². The molecule has 0 unspecified atom stereocenters. The van der Waals surface area contributed by atoms with Gasteiger partial charge in [0.25, 0.3) is 0 Å². The highest BCUT2D eigenvalue weighted by molar-refractivity contribution is 9.10. The summed E-state index contributed by atoms with van der Waals surface area (Å²) in [6.45, 7) is 3.72. The molecule has 1 nitrogen and oxygen atoms in total. The molecule has 2 heteroatoms. The van der Waals surface area contributed by atoms with E-state index in [4.69, 9.17) is 0 Å². The van der Waals surface area contributed by atoms with Gasteiger partial charge < -0.3 is 0 Å². The second-order valence-electron chi connectivity index (χ2n) is 3.63. The summed E-state index contributed by atoms with van der Waals surface area (Å²) in [5.74, 6) is 0.0213. The summed E-state index contributed by atoms with van der Waals surface area (Å²) in [5.41, 5.74) is 2.23. The molecule has 0 aromatic heterocycles. The normalized spacial score (nSPS) is 9.94. The van der Waals surface area contributed by atoms with Crippen molar-refractivity contribution in [3.63, 3.8) is 0 Å². The molecule has 0 spiro atoms. The van der Waals surface area contributed by atoms with E-state index in [-0.39, 0.29) is 5.78 Å². The largest absolute Gasteiger partial charge is 0.289 e. The third-order valence-electron chi connectivity index (χ3n) is 2.53. The van der Waals surface area contributed by atoms with Gasteiger partial charge in [-0.05, 0) is 29.8 Å². The first-order chi connectivity index (χ1) is 8.22. The molecule has 2 aromatic rings.